The topological polar surface area (TPSA) is 34.6 Å². The van der Waals surface area contributed by atoms with E-state index in [4.69, 9.17) is 21.1 Å². The van der Waals surface area contributed by atoms with Gasteiger partial charge in [-0.25, -0.2) is 0 Å². The first-order valence-corrected chi connectivity index (χ1v) is 7.16. The molecule has 2 fully saturated rings. The molecule has 5 heteroatoms. The summed E-state index contributed by atoms with van der Waals surface area (Å²) in [4.78, 5) is 6.38. The van der Waals surface area contributed by atoms with Crippen molar-refractivity contribution < 1.29 is 9.47 Å². The zero-order valence-corrected chi connectivity index (χ0v) is 11.9. The predicted molar refractivity (Wildman–Crippen MR) is 74.8 cm³/mol. The van der Waals surface area contributed by atoms with E-state index in [0.717, 1.165) is 44.8 Å². The van der Waals surface area contributed by atoms with Crippen molar-refractivity contribution in [3.05, 3.63) is 23.5 Å². The zero-order chi connectivity index (χ0) is 13.3. The highest BCUT2D eigenvalue weighted by Gasteiger charge is 2.41. The molecule has 1 atom stereocenters. The van der Waals surface area contributed by atoms with Crippen LogP contribution in [0, 0.1) is 0 Å². The van der Waals surface area contributed by atoms with E-state index in [2.05, 4.69) is 16.8 Å². The highest BCUT2D eigenvalue weighted by atomic mass is 35.5. The van der Waals surface area contributed by atoms with Crippen LogP contribution in [0.5, 0.6) is 0 Å². The number of nitrogens with zero attached hydrogens (tertiary/aromatic N) is 2. The van der Waals surface area contributed by atoms with Gasteiger partial charge in [-0.2, -0.15) is 0 Å². The van der Waals surface area contributed by atoms with Crippen LogP contribution in [0.4, 0.5) is 5.69 Å². The van der Waals surface area contributed by atoms with Gasteiger partial charge in [0.2, 0.25) is 0 Å². The van der Waals surface area contributed by atoms with Crippen molar-refractivity contribution in [3.63, 3.8) is 0 Å². The summed E-state index contributed by atoms with van der Waals surface area (Å²) in [5.74, 6) is 0. The number of hydrogen-bond acceptors (Lipinski definition) is 4. The molecular weight excluding hydrogens is 264 g/mol. The normalized spacial score (nSPS) is 26.6. The molecule has 0 saturated carbocycles. The van der Waals surface area contributed by atoms with Gasteiger partial charge in [-0.15, -0.1) is 0 Å². The minimum atomic E-state index is -0.0808. The fourth-order valence-electron chi connectivity index (χ4n) is 3.05. The third kappa shape index (κ3) is 2.71. The first kappa shape index (κ1) is 13.2. The van der Waals surface area contributed by atoms with E-state index in [1.54, 1.807) is 12.4 Å². The lowest BCUT2D eigenvalue weighted by atomic mass is 9.91. The summed E-state index contributed by atoms with van der Waals surface area (Å²) in [5, 5.41) is 0.707. The summed E-state index contributed by atoms with van der Waals surface area (Å²) in [5.41, 5.74) is 0.973. The van der Waals surface area contributed by atoms with Crippen molar-refractivity contribution in [3.8, 4) is 0 Å². The van der Waals surface area contributed by atoms with Crippen LogP contribution in [-0.2, 0) is 9.47 Å². The molecule has 0 radical (unpaired) electrons. The van der Waals surface area contributed by atoms with Crippen LogP contribution in [0.1, 0.15) is 19.8 Å². The molecule has 2 saturated heterocycles. The minimum Gasteiger partial charge on any atom is -0.381 e. The van der Waals surface area contributed by atoms with Crippen molar-refractivity contribution in [1.82, 2.24) is 4.98 Å². The molecule has 19 heavy (non-hydrogen) atoms. The van der Waals surface area contributed by atoms with E-state index in [9.17, 15) is 0 Å². The summed E-state index contributed by atoms with van der Waals surface area (Å²) < 4.78 is 11.7. The quantitative estimate of drug-likeness (QED) is 0.793. The standard InChI is InChI=1S/C14H19ClN2O2/c1-11-9-17(13-2-5-16-8-12(13)15)10-14(19-11)3-6-18-7-4-14/h2,5,8,11H,3-4,6-7,9-10H2,1H3. The third-order valence-electron chi connectivity index (χ3n) is 3.90. The van der Waals surface area contributed by atoms with Gasteiger partial charge in [0.1, 0.15) is 0 Å². The van der Waals surface area contributed by atoms with E-state index in [0.29, 0.717) is 5.02 Å². The predicted octanol–water partition coefficient (Wildman–Crippen LogP) is 2.51. The van der Waals surface area contributed by atoms with E-state index in [1.165, 1.54) is 0 Å². The Morgan fingerprint density at radius 3 is 2.95 bits per heavy atom. The fourth-order valence-corrected chi connectivity index (χ4v) is 3.29. The summed E-state index contributed by atoms with van der Waals surface area (Å²) in [6.07, 6.45) is 5.61. The van der Waals surface area contributed by atoms with Crippen LogP contribution in [0.25, 0.3) is 0 Å². The van der Waals surface area contributed by atoms with Crippen LogP contribution in [0.15, 0.2) is 18.5 Å². The first-order chi connectivity index (χ1) is 9.19. The molecular formula is C14H19ClN2O2. The minimum absolute atomic E-state index is 0.0808. The Labute approximate surface area is 118 Å². The second kappa shape index (κ2) is 5.27. The molecule has 1 unspecified atom stereocenters. The fraction of sp³-hybridized carbons (Fsp3) is 0.643. The van der Waals surface area contributed by atoms with Crippen LogP contribution >= 0.6 is 11.6 Å². The summed E-state index contributed by atoms with van der Waals surface area (Å²) in [7, 11) is 0. The Bertz CT molecular complexity index is 449. The highest BCUT2D eigenvalue weighted by Crippen LogP contribution is 2.35. The van der Waals surface area contributed by atoms with Gasteiger partial charge in [-0.05, 0) is 13.0 Å². The van der Waals surface area contributed by atoms with Crippen molar-refractivity contribution in [2.24, 2.45) is 0 Å². The maximum Gasteiger partial charge on any atom is 0.0904 e. The maximum atomic E-state index is 6.26. The Balaban J connectivity index is 1.84. The Morgan fingerprint density at radius 1 is 1.42 bits per heavy atom. The van der Waals surface area contributed by atoms with Crippen LogP contribution in [-0.4, -0.2) is 43.0 Å². The number of anilines is 1. The first-order valence-electron chi connectivity index (χ1n) is 6.79. The molecule has 1 spiro atoms. The van der Waals surface area contributed by atoms with Gasteiger partial charge in [-0.1, -0.05) is 11.6 Å². The molecule has 0 N–H and O–H groups in total. The molecule has 104 valence electrons. The van der Waals surface area contributed by atoms with E-state index < -0.39 is 0 Å². The molecule has 2 aliphatic heterocycles. The van der Waals surface area contributed by atoms with Gasteiger partial charge >= 0.3 is 0 Å². The van der Waals surface area contributed by atoms with Crippen molar-refractivity contribution in [2.75, 3.05) is 31.2 Å². The average molecular weight is 283 g/mol. The molecule has 1 aromatic rings. The van der Waals surface area contributed by atoms with Gasteiger partial charge < -0.3 is 14.4 Å². The van der Waals surface area contributed by atoms with Crippen LogP contribution in [0.3, 0.4) is 0 Å². The lowest BCUT2D eigenvalue weighted by Gasteiger charge is -2.48. The van der Waals surface area contributed by atoms with E-state index >= 15 is 0 Å². The molecule has 0 aliphatic carbocycles. The van der Waals surface area contributed by atoms with Crippen LogP contribution in [0.2, 0.25) is 5.02 Å². The van der Waals surface area contributed by atoms with Crippen molar-refractivity contribution >= 4 is 17.3 Å². The summed E-state index contributed by atoms with van der Waals surface area (Å²) in [6, 6.07) is 1.98. The Hall–Kier alpha value is -0.840. The summed E-state index contributed by atoms with van der Waals surface area (Å²) >= 11 is 6.26. The second-order valence-electron chi connectivity index (χ2n) is 5.43. The number of rotatable bonds is 1. The van der Waals surface area contributed by atoms with Crippen molar-refractivity contribution in [2.45, 2.75) is 31.5 Å². The lowest BCUT2D eigenvalue weighted by molar-refractivity contribution is -0.145. The highest BCUT2D eigenvalue weighted by molar-refractivity contribution is 6.33. The Kier molecular flexibility index (Phi) is 3.65. The van der Waals surface area contributed by atoms with E-state index in [-0.39, 0.29) is 11.7 Å². The number of ether oxygens (including phenoxy) is 2. The number of hydrogen-bond donors (Lipinski definition) is 0. The van der Waals surface area contributed by atoms with Gasteiger partial charge in [0, 0.05) is 51.5 Å². The zero-order valence-electron chi connectivity index (χ0n) is 11.1. The molecule has 4 nitrogen and oxygen atoms in total. The Morgan fingerprint density at radius 2 is 2.21 bits per heavy atom. The van der Waals surface area contributed by atoms with Gasteiger partial charge in [0.05, 0.1) is 22.4 Å². The number of pyridine rings is 1. The lowest BCUT2D eigenvalue weighted by Crippen LogP contribution is -2.57. The average Bonchev–Trinajstić information content (AvgIpc) is 2.39. The molecule has 3 heterocycles. The van der Waals surface area contributed by atoms with Gasteiger partial charge in [-0.3, -0.25) is 4.98 Å². The monoisotopic (exact) mass is 282 g/mol. The van der Waals surface area contributed by atoms with Crippen molar-refractivity contribution in [1.29, 1.82) is 0 Å². The number of aromatic nitrogens is 1. The number of morpholine rings is 1. The van der Waals surface area contributed by atoms with Gasteiger partial charge in [0.15, 0.2) is 0 Å². The molecule has 0 aromatic carbocycles. The molecule has 1 aromatic heterocycles. The third-order valence-corrected chi connectivity index (χ3v) is 4.19. The van der Waals surface area contributed by atoms with E-state index in [1.807, 2.05) is 6.07 Å². The largest absolute Gasteiger partial charge is 0.381 e. The summed E-state index contributed by atoms with van der Waals surface area (Å²) in [6.45, 7) is 5.44. The maximum absolute atomic E-state index is 6.26. The molecule has 0 bridgehead atoms. The van der Waals surface area contributed by atoms with Gasteiger partial charge in [0.25, 0.3) is 0 Å². The second-order valence-corrected chi connectivity index (χ2v) is 5.84. The van der Waals surface area contributed by atoms with Crippen LogP contribution < -0.4 is 4.90 Å². The SMILES string of the molecule is CC1CN(c2ccncc2Cl)CC2(CCOCC2)O1. The molecule has 2 aliphatic rings. The smallest absolute Gasteiger partial charge is 0.0904 e. The molecule has 0 amide bonds. The number of halogens is 1. The molecule has 3 rings (SSSR count).